The number of anilines is 1. The van der Waals surface area contributed by atoms with Crippen LogP contribution < -0.4 is 10.6 Å². The van der Waals surface area contributed by atoms with Crippen molar-refractivity contribution in [1.82, 2.24) is 15.3 Å². The standard InChI is InChI=1S/C14H18N4O/c1-15-14-17-8-11(9-18-14)7-16-10-13(19)12-5-3-2-4-6-12/h2-6,8-9,13,16,19H,7,10H2,1H3,(H,15,17,18)/t13-/m0/s1. The minimum Gasteiger partial charge on any atom is -0.387 e. The van der Waals surface area contributed by atoms with E-state index in [1.165, 1.54) is 0 Å². The zero-order valence-electron chi connectivity index (χ0n) is 10.9. The van der Waals surface area contributed by atoms with Crippen LogP contribution >= 0.6 is 0 Å². The summed E-state index contributed by atoms with van der Waals surface area (Å²) in [6.07, 6.45) is 3.03. The van der Waals surface area contributed by atoms with E-state index in [-0.39, 0.29) is 0 Å². The number of aromatic nitrogens is 2. The Labute approximate surface area is 112 Å². The number of nitrogens with one attached hydrogen (secondary N) is 2. The molecule has 0 saturated carbocycles. The summed E-state index contributed by atoms with van der Waals surface area (Å²) in [5.41, 5.74) is 1.90. The van der Waals surface area contributed by atoms with Gasteiger partial charge in [0.2, 0.25) is 5.95 Å². The summed E-state index contributed by atoms with van der Waals surface area (Å²) in [7, 11) is 1.78. The van der Waals surface area contributed by atoms with Gasteiger partial charge < -0.3 is 15.7 Å². The lowest BCUT2D eigenvalue weighted by Crippen LogP contribution is -2.21. The highest BCUT2D eigenvalue weighted by atomic mass is 16.3. The van der Waals surface area contributed by atoms with Crippen molar-refractivity contribution in [3.63, 3.8) is 0 Å². The Morgan fingerprint density at radius 1 is 1.16 bits per heavy atom. The van der Waals surface area contributed by atoms with Crippen molar-refractivity contribution in [2.24, 2.45) is 0 Å². The van der Waals surface area contributed by atoms with Gasteiger partial charge in [-0.05, 0) is 5.56 Å². The monoisotopic (exact) mass is 258 g/mol. The zero-order valence-corrected chi connectivity index (χ0v) is 10.9. The highest BCUT2D eigenvalue weighted by Crippen LogP contribution is 2.10. The number of hydrogen-bond donors (Lipinski definition) is 3. The van der Waals surface area contributed by atoms with Crippen LogP contribution in [0.2, 0.25) is 0 Å². The van der Waals surface area contributed by atoms with E-state index in [1.807, 2.05) is 30.3 Å². The molecule has 1 aromatic carbocycles. The van der Waals surface area contributed by atoms with E-state index in [0.29, 0.717) is 19.0 Å². The molecule has 2 rings (SSSR count). The number of rotatable bonds is 6. The van der Waals surface area contributed by atoms with Gasteiger partial charge in [0, 0.05) is 38.1 Å². The van der Waals surface area contributed by atoms with Crippen molar-refractivity contribution in [3.8, 4) is 0 Å². The molecule has 0 amide bonds. The second-order valence-corrected chi connectivity index (χ2v) is 4.22. The second-order valence-electron chi connectivity index (χ2n) is 4.22. The highest BCUT2D eigenvalue weighted by molar-refractivity contribution is 5.23. The minimum atomic E-state index is -0.501. The SMILES string of the molecule is CNc1ncc(CNC[C@H](O)c2ccccc2)cn1. The maximum Gasteiger partial charge on any atom is 0.222 e. The van der Waals surface area contributed by atoms with Gasteiger partial charge in [0.1, 0.15) is 0 Å². The molecule has 5 heteroatoms. The number of nitrogens with zero attached hydrogens (tertiary/aromatic N) is 2. The van der Waals surface area contributed by atoms with Crippen molar-refractivity contribution >= 4 is 5.95 Å². The molecule has 0 aliphatic rings. The molecule has 0 aliphatic carbocycles. The Morgan fingerprint density at radius 2 is 1.84 bits per heavy atom. The van der Waals surface area contributed by atoms with Crippen LogP contribution in [-0.4, -0.2) is 28.7 Å². The summed E-state index contributed by atoms with van der Waals surface area (Å²) in [5.74, 6) is 0.605. The predicted molar refractivity (Wildman–Crippen MR) is 74.7 cm³/mol. The minimum absolute atomic E-state index is 0.498. The lowest BCUT2D eigenvalue weighted by molar-refractivity contribution is 0.174. The van der Waals surface area contributed by atoms with Gasteiger partial charge in [0.15, 0.2) is 0 Å². The molecule has 1 atom stereocenters. The quantitative estimate of drug-likeness (QED) is 0.729. The summed E-state index contributed by atoms with van der Waals surface area (Å²) in [5, 5.41) is 16.0. The summed E-state index contributed by atoms with van der Waals surface area (Å²) < 4.78 is 0. The molecule has 19 heavy (non-hydrogen) atoms. The van der Waals surface area contributed by atoms with Crippen LogP contribution in [0.3, 0.4) is 0 Å². The Morgan fingerprint density at radius 3 is 2.47 bits per heavy atom. The van der Waals surface area contributed by atoms with Gasteiger partial charge in [-0.2, -0.15) is 0 Å². The number of benzene rings is 1. The normalized spacial score (nSPS) is 12.1. The van der Waals surface area contributed by atoms with E-state index < -0.39 is 6.10 Å². The molecule has 3 N–H and O–H groups in total. The Kier molecular flexibility index (Phi) is 4.83. The largest absolute Gasteiger partial charge is 0.387 e. The van der Waals surface area contributed by atoms with E-state index in [1.54, 1.807) is 19.4 Å². The number of hydrogen-bond acceptors (Lipinski definition) is 5. The van der Waals surface area contributed by atoms with Crippen molar-refractivity contribution in [1.29, 1.82) is 0 Å². The van der Waals surface area contributed by atoms with Crippen molar-refractivity contribution in [2.45, 2.75) is 12.6 Å². The second kappa shape index (κ2) is 6.82. The lowest BCUT2D eigenvalue weighted by atomic mass is 10.1. The smallest absolute Gasteiger partial charge is 0.222 e. The van der Waals surface area contributed by atoms with Crippen LogP contribution in [0.15, 0.2) is 42.7 Å². The summed E-state index contributed by atoms with van der Waals surface area (Å²) in [4.78, 5) is 8.26. The first-order valence-corrected chi connectivity index (χ1v) is 6.22. The lowest BCUT2D eigenvalue weighted by Gasteiger charge is -2.12. The summed E-state index contributed by atoms with van der Waals surface area (Å²) in [6.45, 7) is 1.13. The van der Waals surface area contributed by atoms with E-state index in [4.69, 9.17) is 0 Å². The molecular formula is C14H18N4O. The van der Waals surface area contributed by atoms with Gasteiger partial charge in [-0.25, -0.2) is 9.97 Å². The number of aliphatic hydroxyl groups is 1. The Balaban J connectivity index is 1.79. The molecule has 0 bridgehead atoms. The average molecular weight is 258 g/mol. The molecule has 5 nitrogen and oxygen atoms in total. The topological polar surface area (TPSA) is 70.1 Å². The average Bonchev–Trinajstić information content (AvgIpc) is 2.49. The Hall–Kier alpha value is -1.98. The van der Waals surface area contributed by atoms with Crippen LogP contribution in [0.5, 0.6) is 0 Å². The van der Waals surface area contributed by atoms with Gasteiger partial charge in [0.05, 0.1) is 6.10 Å². The molecule has 0 saturated heterocycles. The molecule has 0 unspecified atom stereocenters. The predicted octanol–water partition coefficient (Wildman–Crippen LogP) is 1.34. The third kappa shape index (κ3) is 4.01. The molecule has 100 valence electrons. The molecule has 1 aromatic heterocycles. The molecular weight excluding hydrogens is 240 g/mol. The molecule has 0 fully saturated rings. The van der Waals surface area contributed by atoms with Crippen molar-refractivity contribution in [2.75, 3.05) is 18.9 Å². The van der Waals surface area contributed by atoms with Gasteiger partial charge >= 0.3 is 0 Å². The van der Waals surface area contributed by atoms with Gasteiger partial charge in [-0.3, -0.25) is 0 Å². The van der Waals surface area contributed by atoms with E-state index in [0.717, 1.165) is 11.1 Å². The third-order valence-electron chi connectivity index (χ3n) is 2.78. The van der Waals surface area contributed by atoms with Gasteiger partial charge in [-0.1, -0.05) is 30.3 Å². The van der Waals surface area contributed by atoms with Crippen LogP contribution in [0.1, 0.15) is 17.2 Å². The van der Waals surface area contributed by atoms with Gasteiger partial charge in [-0.15, -0.1) is 0 Å². The first-order valence-electron chi connectivity index (χ1n) is 6.22. The van der Waals surface area contributed by atoms with Crippen LogP contribution in [0, 0.1) is 0 Å². The van der Waals surface area contributed by atoms with Crippen LogP contribution in [-0.2, 0) is 6.54 Å². The molecule has 0 spiro atoms. The fraction of sp³-hybridized carbons (Fsp3) is 0.286. The maximum atomic E-state index is 9.98. The third-order valence-corrected chi connectivity index (χ3v) is 2.78. The zero-order chi connectivity index (χ0) is 13.5. The molecule has 0 radical (unpaired) electrons. The molecule has 2 aromatic rings. The highest BCUT2D eigenvalue weighted by Gasteiger charge is 2.05. The molecule has 0 aliphatic heterocycles. The van der Waals surface area contributed by atoms with Crippen LogP contribution in [0.4, 0.5) is 5.95 Å². The van der Waals surface area contributed by atoms with Crippen LogP contribution in [0.25, 0.3) is 0 Å². The van der Waals surface area contributed by atoms with E-state index in [9.17, 15) is 5.11 Å². The fourth-order valence-electron chi connectivity index (χ4n) is 1.72. The maximum absolute atomic E-state index is 9.98. The number of aliphatic hydroxyl groups excluding tert-OH is 1. The van der Waals surface area contributed by atoms with E-state index >= 15 is 0 Å². The summed E-state index contributed by atoms with van der Waals surface area (Å²) in [6, 6.07) is 9.60. The fourth-order valence-corrected chi connectivity index (χ4v) is 1.72. The molecule has 1 heterocycles. The van der Waals surface area contributed by atoms with Crippen molar-refractivity contribution < 1.29 is 5.11 Å². The van der Waals surface area contributed by atoms with E-state index in [2.05, 4.69) is 20.6 Å². The van der Waals surface area contributed by atoms with Crippen molar-refractivity contribution in [3.05, 3.63) is 53.9 Å². The summed E-state index contributed by atoms with van der Waals surface area (Å²) >= 11 is 0. The van der Waals surface area contributed by atoms with Gasteiger partial charge in [0.25, 0.3) is 0 Å². The first kappa shape index (κ1) is 13.5. The first-order chi connectivity index (χ1) is 9.29. The Bertz CT molecular complexity index is 487.